The monoisotopic (exact) mass is 226 g/mol. The second-order valence-electron chi connectivity index (χ2n) is 5.87. The molecule has 94 valence electrons. The molecule has 0 bridgehead atoms. The first kappa shape index (κ1) is 13.3. The first-order chi connectivity index (χ1) is 7.37. The van der Waals surface area contributed by atoms with E-state index in [1.54, 1.807) is 0 Å². The Bertz CT molecular complexity index is 242. The van der Waals surface area contributed by atoms with Crippen molar-refractivity contribution in [3.63, 3.8) is 0 Å². The number of aliphatic imine (C=N–C) groups is 1. The summed E-state index contributed by atoms with van der Waals surface area (Å²) < 4.78 is 0. The molecule has 0 aromatic heterocycles. The van der Waals surface area contributed by atoms with E-state index in [0.29, 0.717) is 11.9 Å². The van der Waals surface area contributed by atoms with Crippen LogP contribution in [0, 0.1) is 5.92 Å². The Labute approximate surface area is 99.3 Å². The quantitative estimate of drug-likeness (QED) is 0.546. The van der Waals surface area contributed by atoms with Gasteiger partial charge in [-0.2, -0.15) is 0 Å². The predicted octanol–water partition coefficient (Wildman–Crippen LogP) is 1.03. The third-order valence-electron chi connectivity index (χ3n) is 2.74. The Balaban J connectivity index is 2.34. The molecule has 0 aromatic carbocycles. The molecule has 1 unspecified atom stereocenters. The molecule has 0 aliphatic carbocycles. The minimum absolute atomic E-state index is 0.00304. The van der Waals surface area contributed by atoms with Gasteiger partial charge >= 0.3 is 0 Å². The van der Waals surface area contributed by atoms with E-state index in [2.05, 4.69) is 43.0 Å². The molecule has 1 fully saturated rings. The van der Waals surface area contributed by atoms with Crippen molar-refractivity contribution in [1.82, 2.24) is 10.2 Å². The molecule has 3 N–H and O–H groups in total. The van der Waals surface area contributed by atoms with Crippen LogP contribution in [-0.2, 0) is 0 Å². The van der Waals surface area contributed by atoms with Gasteiger partial charge in [-0.05, 0) is 53.1 Å². The highest BCUT2D eigenvalue weighted by Gasteiger charge is 2.17. The van der Waals surface area contributed by atoms with Crippen molar-refractivity contribution in [2.24, 2.45) is 16.6 Å². The van der Waals surface area contributed by atoms with Crippen molar-refractivity contribution in [2.45, 2.75) is 39.2 Å². The summed E-state index contributed by atoms with van der Waals surface area (Å²) in [5.74, 6) is 1.24. The molecule has 4 nitrogen and oxygen atoms in total. The third-order valence-corrected chi connectivity index (χ3v) is 2.74. The van der Waals surface area contributed by atoms with Crippen molar-refractivity contribution >= 4 is 5.96 Å². The molecule has 16 heavy (non-hydrogen) atoms. The standard InChI is InChI=1S/C12H26N4/c1-12(2,3)15-11(13)14-8-10-6-5-7-16(4)9-10/h10H,5-9H2,1-4H3,(H3,13,14,15). The van der Waals surface area contributed by atoms with Crippen LogP contribution in [0.4, 0.5) is 0 Å². The smallest absolute Gasteiger partial charge is 0.188 e. The molecular weight excluding hydrogens is 200 g/mol. The molecule has 0 amide bonds. The van der Waals surface area contributed by atoms with Gasteiger partial charge in [0.2, 0.25) is 0 Å². The summed E-state index contributed by atoms with van der Waals surface area (Å²) in [6, 6.07) is 0. The van der Waals surface area contributed by atoms with Gasteiger partial charge in [-0.3, -0.25) is 4.99 Å². The van der Waals surface area contributed by atoms with E-state index in [4.69, 9.17) is 5.73 Å². The fraction of sp³-hybridized carbons (Fsp3) is 0.917. The zero-order valence-corrected chi connectivity index (χ0v) is 11.1. The molecule has 0 saturated carbocycles. The first-order valence-corrected chi connectivity index (χ1v) is 6.13. The summed E-state index contributed by atoms with van der Waals surface area (Å²) in [6.45, 7) is 9.47. The highest BCUT2D eigenvalue weighted by atomic mass is 15.1. The predicted molar refractivity (Wildman–Crippen MR) is 69.6 cm³/mol. The van der Waals surface area contributed by atoms with Crippen molar-refractivity contribution in [3.8, 4) is 0 Å². The van der Waals surface area contributed by atoms with Gasteiger partial charge in [0, 0.05) is 18.6 Å². The van der Waals surface area contributed by atoms with Crippen LogP contribution in [0.25, 0.3) is 0 Å². The Morgan fingerprint density at radius 1 is 1.50 bits per heavy atom. The van der Waals surface area contributed by atoms with Gasteiger partial charge in [-0.1, -0.05) is 0 Å². The van der Waals surface area contributed by atoms with Crippen molar-refractivity contribution in [2.75, 3.05) is 26.7 Å². The molecule has 1 aliphatic heterocycles. The lowest BCUT2D eigenvalue weighted by Crippen LogP contribution is -2.45. The Morgan fingerprint density at radius 2 is 2.19 bits per heavy atom. The van der Waals surface area contributed by atoms with E-state index in [-0.39, 0.29) is 5.54 Å². The van der Waals surface area contributed by atoms with Gasteiger partial charge in [0.25, 0.3) is 0 Å². The average molecular weight is 226 g/mol. The van der Waals surface area contributed by atoms with E-state index >= 15 is 0 Å². The number of rotatable bonds is 2. The number of hydrogen-bond donors (Lipinski definition) is 2. The van der Waals surface area contributed by atoms with Crippen LogP contribution in [0.15, 0.2) is 4.99 Å². The molecular formula is C12H26N4. The van der Waals surface area contributed by atoms with E-state index < -0.39 is 0 Å². The Kier molecular flexibility index (Phi) is 4.59. The minimum atomic E-state index is -0.00304. The maximum absolute atomic E-state index is 5.84. The van der Waals surface area contributed by atoms with Crippen LogP contribution in [-0.4, -0.2) is 43.1 Å². The van der Waals surface area contributed by atoms with Crippen LogP contribution in [0.2, 0.25) is 0 Å². The maximum atomic E-state index is 5.84. The minimum Gasteiger partial charge on any atom is -0.370 e. The third kappa shape index (κ3) is 5.35. The Morgan fingerprint density at radius 3 is 2.75 bits per heavy atom. The topological polar surface area (TPSA) is 53.6 Å². The van der Waals surface area contributed by atoms with Gasteiger partial charge in [0.15, 0.2) is 5.96 Å². The lowest BCUT2D eigenvalue weighted by molar-refractivity contribution is 0.214. The SMILES string of the molecule is CN1CCCC(CN=C(N)NC(C)(C)C)C1. The largest absolute Gasteiger partial charge is 0.370 e. The van der Waals surface area contributed by atoms with E-state index in [0.717, 1.165) is 13.1 Å². The molecule has 0 spiro atoms. The molecule has 1 saturated heterocycles. The number of likely N-dealkylation sites (tertiary alicyclic amines) is 1. The second kappa shape index (κ2) is 5.53. The normalized spacial score (nSPS) is 24.5. The van der Waals surface area contributed by atoms with Crippen LogP contribution in [0.3, 0.4) is 0 Å². The lowest BCUT2D eigenvalue weighted by Gasteiger charge is -2.29. The number of hydrogen-bond acceptors (Lipinski definition) is 2. The molecule has 4 heteroatoms. The average Bonchev–Trinajstić information content (AvgIpc) is 2.12. The van der Waals surface area contributed by atoms with E-state index in [1.165, 1.54) is 19.4 Å². The molecule has 0 aromatic rings. The fourth-order valence-electron chi connectivity index (χ4n) is 2.07. The first-order valence-electron chi connectivity index (χ1n) is 6.13. The number of nitrogens with two attached hydrogens (primary N) is 1. The lowest BCUT2D eigenvalue weighted by atomic mass is 9.99. The van der Waals surface area contributed by atoms with Gasteiger partial charge in [-0.25, -0.2) is 0 Å². The molecule has 1 heterocycles. The number of piperidine rings is 1. The number of nitrogens with one attached hydrogen (secondary N) is 1. The summed E-state index contributed by atoms with van der Waals surface area (Å²) in [7, 11) is 2.17. The summed E-state index contributed by atoms with van der Waals surface area (Å²) >= 11 is 0. The van der Waals surface area contributed by atoms with Crippen molar-refractivity contribution in [3.05, 3.63) is 0 Å². The van der Waals surface area contributed by atoms with Crippen LogP contribution >= 0.6 is 0 Å². The van der Waals surface area contributed by atoms with Crippen LogP contribution in [0.5, 0.6) is 0 Å². The van der Waals surface area contributed by atoms with Gasteiger partial charge in [0.05, 0.1) is 0 Å². The Hall–Kier alpha value is -0.770. The second-order valence-corrected chi connectivity index (χ2v) is 5.87. The molecule has 0 radical (unpaired) electrons. The summed E-state index contributed by atoms with van der Waals surface area (Å²) in [4.78, 5) is 6.80. The van der Waals surface area contributed by atoms with Crippen LogP contribution < -0.4 is 11.1 Å². The zero-order valence-electron chi connectivity index (χ0n) is 11.1. The van der Waals surface area contributed by atoms with E-state index in [9.17, 15) is 0 Å². The number of guanidine groups is 1. The molecule has 1 rings (SSSR count). The van der Waals surface area contributed by atoms with Crippen molar-refractivity contribution < 1.29 is 0 Å². The summed E-state index contributed by atoms with van der Waals surface area (Å²) in [5.41, 5.74) is 5.83. The van der Waals surface area contributed by atoms with Crippen LogP contribution in [0.1, 0.15) is 33.6 Å². The summed E-state index contributed by atoms with van der Waals surface area (Å²) in [5, 5.41) is 3.18. The van der Waals surface area contributed by atoms with Gasteiger partial charge in [0.1, 0.15) is 0 Å². The van der Waals surface area contributed by atoms with Crippen molar-refractivity contribution in [1.29, 1.82) is 0 Å². The summed E-state index contributed by atoms with van der Waals surface area (Å²) in [6.07, 6.45) is 2.56. The highest BCUT2D eigenvalue weighted by Crippen LogP contribution is 2.14. The fourth-order valence-corrected chi connectivity index (χ4v) is 2.07. The van der Waals surface area contributed by atoms with Gasteiger partial charge < -0.3 is 16.0 Å². The zero-order chi connectivity index (χ0) is 12.2. The van der Waals surface area contributed by atoms with Gasteiger partial charge in [-0.15, -0.1) is 0 Å². The highest BCUT2D eigenvalue weighted by molar-refractivity contribution is 5.78. The molecule has 1 atom stereocenters. The molecule has 1 aliphatic rings. The maximum Gasteiger partial charge on any atom is 0.188 e. The number of nitrogens with zero attached hydrogens (tertiary/aromatic N) is 2. The van der Waals surface area contributed by atoms with E-state index in [1.807, 2.05) is 0 Å².